The van der Waals surface area contributed by atoms with Crippen LogP contribution in [0.1, 0.15) is 37.0 Å². The molecular weight excluding hydrogens is 296 g/mol. The minimum Gasteiger partial charge on any atom is -0.355 e. The van der Waals surface area contributed by atoms with E-state index in [1.807, 2.05) is 6.07 Å². The van der Waals surface area contributed by atoms with Gasteiger partial charge in [0.25, 0.3) is 0 Å². The molecule has 22 heavy (non-hydrogen) atoms. The third-order valence-electron chi connectivity index (χ3n) is 3.92. The molecule has 1 heterocycles. The molecule has 1 fully saturated rings. The van der Waals surface area contributed by atoms with Gasteiger partial charge in [-0.2, -0.15) is 0 Å². The number of hydrogen-bond acceptors (Lipinski definition) is 3. The fourth-order valence-corrected chi connectivity index (χ4v) is 3.38. The van der Waals surface area contributed by atoms with E-state index in [-0.39, 0.29) is 5.91 Å². The minimum atomic E-state index is 0.176. The normalized spacial score (nSPS) is 15.8. The van der Waals surface area contributed by atoms with Crippen molar-refractivity contribution >= 4 is 23.2 Å². The number of hydrogen-bond donors (Lipinski definition) is 3. The fraction of sp³-hybridized carbons (Fsp3) is 0.625. The van der Waals surface area contributed by atoms with Gasteiger partial charge in [-0.05, 0) is 30.2 Å². The molecule has 1 saturated carbocycles. The fourth-order valence-electron chi connectivity index (χ4n) is 2.74. The quantitative estimate of drug-likeness (QED) is 0.409. The van der Waals surface area contributed by atoms with Crippen LogP contribution in [0, 0.1) is 5.92 Å². The first-order valence-electron chi connectivity index (χ1n) is 8.01. The average Bonchev–Trinajstić information content (AvgIpc) is 3.20. The van der Waals surface area contributed by atoms with E-state index in [4.69, 9.17) is 0 Å². The highest BCUT2D eigenvalue weighted by atomic mass is 32.1. The molecule has 0 bridgehead atoms. The predicted octanol–water partition coefficient (Wildman–Crippen LogP) is 2.11. The lowest BCUT2D eigenvalue weighted by Gasteiger charge is -2.12. The number of rotatable bonds is 7. The first-order chi connectivity index (χ1) is 10.8. The van der Waals surface area contributed by atoms with E-state index in [0.29, 0.717) is 25.4 Å². The van der Waals surface area contributed by atoms with Crippen molar-refractivity contribution in [3.63, 3.8) is 0 Å². The van der Waals surface area contributed by atoms with E-state index >= 15 is 0 Å². The maximum atomic E-state index is 11.8. The summed E-state index contributed by atoms with van der Waals surface area (Å²) in [6, 6.07) is 4.13. The summed E-state index contributed by atoms with van der Waals surface area (Å²) in [5, 5.41) is 11.5. The highest BCUT2D eigenvalue weighted by Crippen LogP contribution is 2.27. The van der Waals surface area contributed by atoms with Gasteiger partial charge in [-0.15, -0.1) is 11.3 Å². The Balaban J connectivity index is 1.55. The number of carbonyl (C=O) groups is 1. The smallest absolute Gasteiger partial charge is 0.220 e. The first kappa shape index (κ1) is 16.8. The molecule has 0 aliphatic heterocycles. The second-order valence-corrected chi connectivity index (χ2v) is 6.67. The molecule has 0 saturated heterocycles. The average molecular weight is 322 g/mol. The number of aliphatic imine (C=N–C) groups is 1. The van der Waals surface area contributed by atoms with Gasteiger partial charge in [-0.3, -0.25) is 9.79 Å². The topological polar surface area (TPSA) is 65.5 Å². The highest BCUT2D eigenvalue weighted by molar-refractivity contribution is 7.09. The van der Waals surface area contributed by atoms with E-state index < -0.39 is 0 Å². The predicted molar refractivity (Wildman–Crippen MR) is 92.1 cm³/mol. The van der Waals surface area contributed by atoms with Gasteiger partial charge in [0.05, 0.1) is 6.54 Å². The van der Waals surface area contributed by atoms with Gasteiger partial charge in [0.15, 0.2) is 5.96 Å². The zero-order valence-electron chi connectivity index (χ0n) is 13.2. The summed E-state index contributed by atoms with van der Waals surface area (Å²) in [6.45, 7) is 2.08. The van der Waals surface area contributed by atoms with Crippen LogP contribution in [0.2, 0.25) is 0 Å². The number of carbonyl (C=O) groups excluding carboxylic acids is 1. The summed E-state index contributed by atoms with van der Waals surface area (Å²) in [5.74, 6) is 1.54. The molecule has 0 radical (unpaired) electrons. The minimum absolute atomic E-state index is 0.176. The summed E-state index contributed by atoms with van der Waals surface area (Å²) in [5.41, 5.74) is 0. The molecule has 0 aromatic carbocycles. The van der Waals surface area contributed by atoms with Crippen molar-refractivity contribution in [2.45, 2.75) is 38.6 Å². The number of amides is 1. The summed E-state index contributed by atoms with van der Waals surface area (Å²) >= 11 is 1.72. The van der Waals surface area contributed by atoms with Gasteiger partial charge in [0.1, 0.15) is 0 Å². The molecule has 2 rings (SSSR count). The molecule has 1 aromatic heterocycles. The van der Waals surface area contributed by atoms with E-state index in [1.54, 1.807) is 18.4 Å². The van der Waals surface area contributed by atoms with E-state index in [2.05, 4.69) is 32.4 Å². The van der Waals surface area contributed by atoms with Gasteiger partial charge >= 0.3 is 0 Å². The van der Waals surface area contributed by atoms with Crippen LogP contribution in [0.25, 0.3) is 0 Å². The van der Waals surface area contributed by atoms with Crippen molar-refractivity contribution < 1.29 is 4.79 Å². The Bertz CT molecular complexity index is 467. The number of nitrogens with zero attached hydrogens (tertiary/aromatic N) is 1. The number of nitrogens with one attached hydrogen (secondary N) is 3. The molecular formula is C16H26N4OS. The Morgan fingerprint density at radius 3 is 2.73 bits per heavy atom. The molecule has 1 aromatic rings. The lowest BCUT2D eigenvalue weighted by atomic mass is 10.0. The lowest BCUT2D eigenvalue weighted by molar-refractivity contribution is -0.121. The number of guanidine groups is 1. The van der Waals surface area contributed by atoms with Gasteiger partial charge in [0.2, 0.25) is 5.91 Å². The van der Waals surface area contributed by atoms with Gasteiger partial charge < -0.3 is 16.0 Å². The maximum absolute atomic E-state index is 11.8. The molecule has 0 spiro atoms. The highest BCUT2D eigenvalue weighted by Gasteiger charge is 2.17. The van der Waals surface area contributed by atoms with Gasteiger partial charge in [-0.25, -0.2) is 0 Å². The van der Waals surface area contributed by atoms with Crippen molar-refractivity contribution in [3.05, 3.63) is 22.4 Å². The van der Waals surface area contributed by atoms with Crippen molar-refractivity contribution in [1.82, 2.24) is 16.0 Å². The van der Waals surface area contributed by atoms with Crippen molar-refractivity contribution in [2.75, 3.05) is 20.1 Å². The van der Waals surface area contributed by atoms with Crippen LogP contribution in [0.15, 0.2) is 22.5 Å². The van der Waals surface area contributed by atoms with E-state index in [0.717, 1.165) is 12.5 Å². The largest absolute Gasteiger partial charge is 0.355 e. The van der Waals surface area contributed by atoms with Gasteiger partial charge in [0, 0.05) is 31.4 Å². The summed E-state index contributed by atoms with van der Waals surface area (Å²) in [6.07, 6.45) is 5.68. The molecule has 6 heteroatoms. The summed E-state index contributed by atoms with van der Waals surface area (Å²) in [7, 11) is 1.75. The van der Waals surface area contributed by atoms with Gasteiger partial charge in [-0.1, -0.05) is 18.9 Å². The molecule has 5 nitrogen and oxygen atoms in total. The maximum Gasteiger partial charge on any atom is 0.220 e. The zero-order valence-corrected chi connectivity index (χ0v) is 14.0. The standard InChI is InChI=1S/C16H26N4OS/c1-17-16(20-12-14-7-4-10-22-14)19-9-8-18-15(21)11-13-5-2-3-6-13/h4,7,10,13H,2-3,5-6,8-9,11-12H2,1H3,(H,18,21)(H2,17,19,20). The Kier molecular flexibility index (Phi) is 7.22. The Morgan fingerprint density at radius 2 is 2.05 bits per heavy atom. The van der Waals surface area contributed by atoms with Crippen molar-refractivity contribution in [3.8, 4) is 0 Å². The molecule has 1 aliphatic rings. The van der Waals surface area contributed by atoms with Crippen LogP contribution in [0.5, 0.6) is 0 Å². The molecule has 1 aliphatic carbocycles. The van der Waals surface area contributed by atoms with Crippen LogP contribution in [0.3, 0.4) is 0 Å². The molecule has 0 unspecified atom stereocenters. The van der Waals surface area contributed by atoms with E-state index in [9.17, 15) is 4.79 Å². The number of thiophene rings is 1. The second-order valence-electron chi connectivity index (χ2n) is 5.64. The summed E-state index contributed by atoms with van der Waals surface area (Å²) in [4.78, 5) is 17.3. The SMILES string of the molecule is CN=C(NCCNC(=O)CC1CCCC1)NCc1cccs1. The second kappa shape index (κ2) is 9.46. The Morgan fingerprint density at radius 1 is 1.27 bits per heavy atom. The molecule has 3 N–H and O–H groups in total. The Hall–Kier alpha value is -1.56. The third kappa shape index (κ3) is 6.05. The summed E-state index contributed by atoms with van der Waals surface area (Å²) < 4.78 is 0. The van der Waals surface area contributed by atoms with E-state index in [1.165, 1.54) is 30.6 Å². The Labute approximate surface area is 136 Å². The third-order valence-corrected chi connectivity index (χ3v) is 4.80. The van der Waals surface area contributed by atoms with Crippen LogP contribution in [0.4, 0.5) is 0 Å². The monoisotopic (exact) mass is 322 g/mol. The van der Waals surface area contributed by atoms with Crippen molar-refractivity contribution in [2.24, 2.45) is 10.9 Å². The molecule has 122 valence electrons. The van der Waals surface area contributed by atoms with Crippen LogP contribution >= 0.6 is 11.3 Å². The zero-order chi connectivity index (χ0) is 15.6. The first-order valence-corrected chi connectivity index (χ1v) is 8.89. The van der Waals surface area contributed by atoms with Crippen LogP contribution in [-0.4, -0.2) is 32.0 Å². The molecule has 1 amide bonds. The van der Waals surface area contributed by atoms with Crippen molar-refractivity contribution in [1.29, 1.82) is 0 Å². The molecule has 0 atom stereocenters. The lowest BCUT2D eigenvalue weighted by Crippen LogP contribution is -2.41. The van der Waals surface area contributed by atoms with Crippen LogP contribution in [-0.2, 0) is 11.3 Å². The van der Waals surface area contributed by atoms with Crippen LogP contribution < -0.4 is 16.0 Å².